The number of carbonyl (C=O) groups is 3. The normalized spacial score (nSPS) is 19.9. The Morgan fingerprint density at radius 3 is 2.74 bits per heavy atom. The Hall–Kier alpha value is -2.42. The number of rotatable bonds is 5. The predicted molar refractivity (Wildman–Crippen MR) is 101 cm³/mol. The molecule has 0 spiro atoms. The molecule has 1 aromatic rings. The molecule has 1 aliphatic heterocycles. The second-order valence-electron chi connectivity index (χ2n) is 7.10. The molecule has 27 heavy (non-hydrogen) atoms. The van der Waals surface area contributed by atoms with Gasteiger partial charge in [-0.1, -0.05) is 12.8 Å². The number of nitrogens with one attached hydrogen (secondary N) is 3. The minimum Gasteiger partial charge on any atom is -0.467 e. The lowest BCUT2D eigenvalue weighted by atomic mass is 10.0. The van der Waals surface area contributed by atoms with Crippen LogP contribution in [0.4, 0.5) is 0 Å². The Morgan fingerprint density at radius 2 is 2.04 bits per heavy atom. The molecule has 3 rings (SSSR count). The fourth-order valence-corrected chi connectivity index (χ4v) is 3.76. The van der Waals surface area contributed by atoms with Gasteiger partial charge in [-0.2, -0.15) is 0 Å². The Labute approximate surface area is 163 Å². The van der Waals surface area contributed by atoms with E-state index in [0.717, 1.165) is 12.8 Å². The summed E-state index contributed by atoms with van der Waals surface area (Å²) >= 11 is 5.04. The van der Waals surface area contributed by atoms with E-state index in [-0.39, 0.29) is 29.3 Å². The Kier molecular flexibility index (Phi) is 6.44. The van der Waals surface area contributed by atoms with Crippen LogP contribution in [-0.2, 0) is 20.9 Å². The molecule has 0 bridgehead atoms. The second kappa shape index (κ2) is 8.98. The topological polar surface area (TPSA) is 104 Å². The van der Waals surface area contributed by atoms with E-state index in [4.69, 9.17) is 16.6 Å². The van der Waals surface area contributed by atoms with Gasteiger partial charge in [-0.15, -0.1) is 0 Å². The minimum absolute atomic E-state index is 0.0584. The van der Waals surface area contributed by atoms with E-state index >= 15 is 0 Å². The minimum atomic E-state index is -0.475. The third-order valence-corrected chi connectivity index (χ3v) is 5.22. The number of hydrogen-bond donors (Lipinski definition) is 3. The van der Waals surface area contributed by atoms with Crippen LogP contribution in [0.2, 0.25) is 0 Å². The number of thiocarbonyl (C=S) groups is 1. The Bertz CT molecular complexity index is 700. The van der Waals surface area contributed by atoms with Crippen molar-refractivity contribution in [3.8, 4) is 0 Å². The van der Waals surface area contributed by atoms with E-state index in [1.54, 1.807) is 23.3 Å². The van der Waals surface area contributed by atoms with Gasteiger partial charge < -0.3 is 14.6 Å². The van der Waals surface area contributed by atoms with E-state index in [0.29, 0.717) is 31.2 Å². The van der Waals surface area contributed by atoms with Gasteiger partial charge in [0.1, 0.15) is 5.76 Å². The van der Waals surface area contributed by atoms with Crippen LogP contribution < -0.4 is 16.2 Å². The molecule has 0 radical (unpaired) electrons. The quantitative estimate of drug-likeness (QED) is 0.514. The molecule has 9 heteroatoms. The first-order chi connectivity index (χ1) is 13.0. The molecule has 1 aromatic heterocycles. The number of hydrogen-bond acceptors (Lipinski definition) is 5. The predicted octanol–water partition coefficient (Wildman–Crippen LogP) is 1.23. The molecular weight excluding hydrogens is 368 g/mol. The molecule has 8 nitrogen and oxygen atoms in total. The molecule has 2 heterocycles. The highest BCUT2D eigenvalue weighted by molar-refractivity contribution is 7.80. The average molecular weight is 392 g/mol. The van der Waals surface area contributed by atoms with E-state index in [1.807, 2.05) is 0 Å². The zero-order valence-electron chi connectivity index (χ0n) is 15.0. The van der Waals surface area contributed by atoms with E-state index in [1.165, 1.54) is 12.8 Å². The van der Waals surface area contributed by atoms with Crippen molar-refractivity contribution in [3.63, 3.8) is 0 Å². The van der Waals surface area contributed by atoms with Crippen LogP contribution in [0.3, 0.4) is 0 Å². The smallest absolute Gasteiger partial charge is 0.243 e. The van der Waals surface area contributed by atoms with Crippen molar-refractivity contribution in [3.05, 3.63) is 24.2 Å². The highest BCUT2D eigenvalue weighted by Gasteiger charge is 2.34. The Balaban J connectivity index is 1.37. The third kappa shape index (κ3) is 5.53. The van der Waals surface area contributed by atoms with Crippen LogP contribution in [0.15, 0.2) is 22.8 Å². The van der Waals surface area contributed by atoms with Gasteiger partial charge in [-0.25, -0.2) is 0 Å². The van der Waals surface area contributed by atoms with Gasteiger partial charge in [0.25, 0.3) is 0 Å². The maximum atomic E-state index is 12.3. The second-order valence-corrected chi connectivity index (χ2v) is 7.51. The van der Waals surface area contributed by atoms with Crippen molar-refractivity contribution < 1.29 is 18.8 Å². The molecule has 146 valence electrons. The number of likely N-dealkylation sites (tertiary alicyclic amines) is 1. The van der Waals surface area contributed by atoms with E-state index < -0.39 is 5.92 Å². The number of carbonyl (C=O) groups excluding carboxylic acids is 3. The van der Waals surface area contributed by atoms with Gasteiger partial charge in [0.15, 0.2) is 5.11 Å². The first-order valence-electron chi connectivity index (χ1n) is 9.21. The van der Waals surface area contributed by atoms with Gasteiger partial charge in [0.05, 0.1) is 18.7 Å². The molecular formula is C18H24N4O4S. The van der Waals surface area contributed by atoms with Gasteiger partial charge in [0, 0.05) is 19.4 Å². The molecule has 1 saturated heterocycles. The first-order valence-corrected chi connectivity index (χ1v) is 9.62. The summed E-state index contributed by atoms with van der Waals surface area (Å²) in [4.78, 5) is 37.8. The van der Waals surface area contributed by atoms with Crippen molar-refractivity contribution in [1.82, 2.24) is 21.1 Å². The molecule has 0 aromatic carbocycles. The zero-order chi connectivity index (χ0) is 19.2. The molecule has 1 aliphatic carbocycles. The Morgan fingerprint density at radius 1 is 1.26 bits per heavy atom. The molecule has 3 N–H and O–H groups in total. The lowest BCUT2D eigenvalue weighted by Crippen LogP contribution is -2.50. The SMILES string of the molecule is O=C(CC1CCCC1)NC(=S)NNC(=O)C1CC(=O)N(Cc2ccco2)C1. The zero-order valence-corrected chi connectivity index (χ0v) is 15.8. The van der Waals surface area contributed by atoms with E-state index in [9.17, 15) is 14.4 Å². The van der Waals surface area contributed by atoms with Crippen LogP contribution in [-0.4, -0.2) is 34.3 Å². The van der Waals surface area contributed by atoms with Crippen LogP contribution in [0.5, 0.6) is 0 Å². The number of hydrazine groups is 1. The summed E-state index contributed by atoms with van der Waals surface area (Å²) < 4.78 is 5.24. The van der Waals surface area contributed by atoms with Crippen molar-refractivity contribution in [2.24, 2.45) is 11.8 Å². The fourth-order valence-electron chi connectivity index (χ4n) is 3.60. The molecule has 2 fully saturated rings. The standard InChI is InChI=1S/C18H24N4O4S/c23-15(8-12-4-1-2-5-12)19-18(27)21-20-17(25)13-9-16(24)22(10-13)11-14-6-3-7-26-14/h3,6-7,12-13H,1-2,4-5,8-11H2,(H,20,25)(H2,19,21,23,27). The van der Waals surface area contributed by atoms with Crippen LogP contribution in [0, 0.1) is 11.8 Å². The lowest BCUT2D eigenvalue weighted by molar-refractivity contribution is -0.129. The largest absolute Gasteiger partial charge is 0.467 e. The maximum absolute atomic E-state index is 12.3. The highest BCUT2D eigenvalue weighted by Crippen LogP contribution is 2.27. The summed E-state index contributed by atoms with van der Waals surface area (Å²) in [6.45, 7) is 0.659. The summed E-state index contributed by atoms with van der Waals surface area (Å²) in [5.41, 5.74) is 5.02. The molecule has 1 unspecified atom stereocenters. The highest BCUT2D eigenvalue weighted by atomic mass is 32.1. The molecule has 1 atom stereocenters. The molecule has 2 aliphatic rings. The number of nitrogens with zero attached hydrogens (tertiary/aromatic N) is 1. The summed E-state index contributed by atoms with van der Waals surface area (Å²) in [7, 11) is 0. The van der Waals surface area contributed by atoms with Gasteiger partial charge >= 0.3 is 0 Å². The molecule has 3 amide bonds. The van der Waals surface area contributed by atoms with Crippen LogP contribution >= 0.6 is 12.2 Å². The average Bonchev–Trinajstić information content (AvgIpc) is 3.37. The van der Waals surface area contributed by atoms with E-state index in [2.05, 4.69) is 16.2 Å². The monoisotopic (exact) mass is 392 g/mol. The van der Waals surface area contributed by atoms with Crippen LogP contribution in [0.1, 0.15) is 44.3 Å². The maximum Gasteiger partial charge on any atom is 0.243 e. The van der Waals surface area contributed by atoms with Gasteiger partial charge in [-0.05, 0) is 43.1 Å². The third-order valence-electron chi connectivity index (χ3n) is 5.01. The number of furan rings is 1. The summed E-state index contributed by atoms with van der Waals surface area (Å²) in [5.74, 6) is 0.0451. The van der Waals surface area contributed by atoms with Crippen molar-refractivity contribution in [2.75, 3.05) is 6.54 Å². The first kappa shape index (κ1) is 19.3. The number of amides is 3. The van der Waals surface area contributed by atoms with Crippen molar-refractivity contribution in [2.45, 2.75) is 45.1 Å². The summed E-state index contributed by atoms with van der Waals surface area (Å²) in [6.07, 6.45) is 6.64. The summed E-state index contributed by atoms with van der Waals surface area (Å²) in [5, 5.41) is 2.64. The van der Waals surface area contributed by atoms with Gasteiger partial charge in [-0.3, -0.25) is 25.2 Å². The van der Waals surface area contributed by atoms with Gasteiger partial charge in [0.2, 0.25) is 17.7 Å². The van der Waals surface area contributed by atoms with Crippen molar-refractivity contribution in [1.29, 1.82) is 0 Å². The summed E-state index contributed by atoms with van der Waals surface area (Å²) in [6, 6.07) is 3.54. The van der Waals surface area contributed by atoms with Crippen LogP contribution in [0.25, 0.3) is 0 Å². The molecule has 1 saturated carbocycles. The van der Waals surface area contributed by atoms with Crippen molar-refractivity contribution >= 4 is 35.1 Å². The lowest BCUT2D eigenvalue weighted by Gasteiger charge is -2.16. The fraction of sp³-hybridized carbons (Fsp3) is 0.556.